The van der Waals surface area contributed by atoms with Gasteiger partial charge in [0.25, 0.3) is 0 Å². The number of carboxylic acids is 1. The van der Waals surface area contributed by atoms with E-state index in [1.165, 1.54) is 11.9 Å². The minimum absolute atomic E-state index is 0.173. The Balaban J connectivity index is 4.39. The molecule has 0 rings (SSSR count). The van der Waals surface area contributed by atoms with Crippen LogP contribution in [0.15, 0.2) is 0 Å². The number of nitrogens with zero attached hydrogens (tertiary/aromatic N) is 2. The fraction of sp³-hybridized carbons (Fsp3) is 0.700. The van der Waals surface area contributed by atoms with Crippen molar-refractivity contribution in [3.63, 3.8) is 0 Å². The molecule has 2 amide bonds. The van der Waals surface area contributed by atoms with Gasteiger partial charge in [0, 0.05) is 13.6 Å². The molecular formula is C10H18N2O5. The topological polar surface area (TPSA) is 87.2 Å². The van der Waals surface area contributed by atoms with Crippen LogP contribution in [-0.2, 0) is 14.3 Å². The smallest absolute Gasteiger partial charge is 0.325 e. The highest BCUT2D eigenvalue weighted by Crippen LogP contribution is 1.97. The zero-order chi connectivity index (χ0) is 13.4. The summed E-state index contributed by atoms with van der Waals surface area (Å²) in [6, 6.07) is -0.511. The van der Waals surface area contributed by atoms with Gasteiger partial charge in [0.05, 0.1) is 6.61 Å². The summed E-state index contributed by atoms with van der Waals surface area (Å²) in [6.45, 7) is 3.35. The molecule has 0 saturated carbocycles. The van der Waals surface area contributed by atoms with E-state index < -0.39 is 24.5 Å². The number of carbonyl (C=O) groups is 3. The summed E-state index contributed by atoms with van der Waals surface area (Å²) in [4.78, 5) is 35.6. The van der Waals surface area contributed by atoms with E-state index in [2.05, 4.69) is 0 Å². The molecule has 0 unspecified atom stereocenters. The van der Waals surface area contributed by atoms with Crippen LogP contribution in [0.25, 0.3) is 0 Å². The van der Waals surface area contributed by atoms with Gasteiger partial charge in [-0.05, 0) is 13.8 Å². The van der Waals surface area contributed by atoms with Crippen molar-refractivity contribution in [3.8, 4) is 0 Å². The molecule has 0 saturated heterocycles. The summed E-state index contributed by atoms with van der Waals surface area (Å²) < 4.78 is 4.72. The molecule has 0 aliphatic carbocycles. The third kappa shape index (κ3) is 5.74. The first-order valence-electron chi connectivity index (χ1n) is 5.29. The molecule has 0 heterocycles. The number of aliphatic carboxylic acids is 1. The fourth-order valence-electron chi connectivity index (χ4n) is 1.19. The highest BCUT2D eigenvalue weighted by molar-refractivity contribution is 5.83. The van der Waals surface area contributed by atoms with Crippen molar-refractivity contribution < 1.29 is 24.2 Å². The maximum atomic E-state index is 11.7. The second kappa shape index (κ2) is 7.48. The normalized spacial score (nSPS) is 9.59. The van der Waals surface area contributed by atoms with Crippen molar-refractivity contribution in [1.29, 1.82) is 0 Å². The maximum absolute atomic E-state index is 11.7. The molecule has 0 aromatic rings. The van der Waals surface area contributed by atoms with Crippen LogP contribution in [0, 0.1) is 0 Å². The first-order valence-corrected chi connectivity index (χ1v) is 5.29. The monoisotopic (exact) mass is 246 g/mol. The summed E-state index contributed by atoms with van der Waals surface area (Å²) >= 11 is 0. The Kier molecular flexibility index (Phi) is 6.69. The molecule has 0 fully saturated rings. The number of likely N-dealkylation sites (N-methyl/N-ethyl adjacent to an activating group) is 2. The van der Waals surface area contributed by atoms with Gasteiger partial charge in [0.15, 0.2) is 0 Å². The molecule has 0 radical (unpaired) electrons. The second-order valence-electron chi connectivity index (χ2n) is 3.35. The number of urea groups is 1. The van der Waals surface area contributed by atoms with Gasteiger partial charge in [0.2, 0.25) is 0 Å². The Morgan fingerprint density at radius 3 is 2.18 bits per heavy atom. The number of ether oxygens (including phenoxy) is 1. The molecule has 0 bridgehead atoms. The fourth-order valence-corrected chi connectivity index (χ4v) is 1.19. The maximum Gasteiger partial charge on any atom is 0.325 e. The van der Waals surface area contributed by atoms with Crippen LogP contribution >= 0.6 is 0 Å². The van der Waals surface area contributed by atoms with Crippen molar-refractivity contribution in [2.24, 2.45) is 0 Å². The van der Waals surface area contributed by atoms with Crippen LogP contribution in [0.2, 0.25) is 0 Å². The largest absolute Gasteiger partial charge is 0.480 e. The standard InChI is InChI=1S/C10H18N2O5/c1-4-12(7-9(15)17-5-2)10(16)11(3)6-8(13)14/h4-7H2,1-3H3,(H,13,14). The molecule has 0 aromatic carbocycles. The lowest BCUT2D eigenvalue weighted by atomic mass is 10.5. The number of rotatable bonds is 6. The quantitative estimate of drug-likeness (QED) is 0.667. The van der Waals surface area contributed by atoms with E-state index in [9.17, 15) is 14.4 Å². The van der Waals surface area contributed by atoms with Crippen LogP contribution in [0.3, 0.4) is 0 Å². The van der Waals surface area contributed by atoms with Gasteiger partial charge in [-0.15, -0.1) is 0 Å². The number of hydrogen-bond donors (Lipinski definition) is 1. The lowest BCUT2D eigenvalue weighted by molar-refractivity contribution is -0.143. The van der Waals surface area contributed by atoms with E-state index in [0.29, 0.717) is 6.54 Å². The first kappa shape index (κ1) is 15.2. The van der Waals surface area contributed by atoms with E-state index in [1.807, 2.05) is 0 Å². The predicted octanol–water partition coefficient (Wildman–Crippen LogP) is 0.00780. The number of esters is 1. The average molecular weight is 246 g/mol. The van der Waals surface area contributed by atoms with Gasteiger partial charge in [-0.25, -0.2) is 4.79 Å². The molecular weight excluding hydrogens is 228 g/mol. The third-order valence-electron chi connectivity index (χ3n) is 1.98. The highest BCUT2D eigenvalue weighted by atomic mass is 16.5. The van der Waals surface area contributed by atoms with Crippen LogP contribution in [-0.4, -0.2) is 66.2 Å². The van der Waals surface area contributed by atoms with Gasteiger partial charge in [-0.3, -0.25) is 9.59 Å². The van der Waals surface area contributed by atoms with Crippen molar-refractivity contribution in [2.45, 2.75) is 13.8 Å². The minimum Gasteiger partial charge on any atom is -0.480 e. The molecule has 0 spiro atoms. The number of carboxylic acid groups (broad SMARTS) is 1. The van der Waals surface area contributed by atoms with Crippen LogP contribution in [0.4, 0.5) is 4.79 Å². The van der Waals surface area contributed by atoms with Crippen molar-refractivity contribution in [2.75, 3.05) is 33.3 Å². The molecule has 0 aliphatic rings. The summed E-state index contributed by atoms with van der Waals surface area (Å²) in [7, 11) is 1.37. The first-order chi connectivity index (χ1) is 7.92. The Labute approximate surface area is 99.9 Å². The van der Waals surface area contributed by atoms with Gasteiger partial charge < -0.3 is 19.6 Å². The third-order valence-corrected chi connectivity index (χ3v) is 1.98. The van der Waals surface area contributed by atoms with Gasteiger partial charge >= 0.3 is 18.0 Å². The SMILES string of the molecule is CCOC(=O)CN(CC)C(=O)N(C)CC(=O)O. The van der Waals surface area contributed by atoms with E-state index in [0.717, 1.165) is 4.90 Å². The summed E-state index contributed by atoms with van der Waals surface area (Å²) in [5.74, 6) is -1.61. The van der Waals surface area contributed by atoms with E-state index >= 15 is 0 Å². The van der Waals surface area contributed by atoms with E-state index in [4.69, 9.17) is 9.84 Å². The second-order valence-corrected chi connectivity index (χ2v) is 3.35. The van der Waals surface area contributed by atoms with Crippen LogP contribution < -0.4 is 0 Å². The van der Waals surface area contributed by atoms with Crippen molar-refractivity contribution >= 4 is 18.0 Å². The van der Waals surface area contributed by atoms with Crippen LogP contribution in [0.5, 0.6) is 0 Å². The minimum atomic E-state index is -1.10. The summed E-state index contributed by atoms with van der Waals surface area (Å²) in [6.07, 6.45) is 0. The molecule has 1 N–H and O–H groups in total. The Bertz CT molecular complexity index is 292. The van der Waals surface area contributed by atoms with Gasteiger partial charge in [0.1, 0.15) is 13.1 Å². The number of hydrogen-bond acceptors (Lipinski definition) is 4. The van der Waals surface area contributed by atoms with Gasteiger partial charge in [-0.1, -0.05) is 0 Å². The molecule has 0 aliphatic heterocycles. The van der Waals surface area contributed by atoms with Crippen molar-refractivity contribution in [3.05, 3.63) is 0 Å². The molecule has 17 heavy (non-hydrogen) atoms. The molecule has 7 nitrogen and oxygen atoms in total. The lowest BCUT2D eigenvalue weighted by Crippen LogP contribution is -2.45. The zero-order valence-corrected chi connectivity index (χ0v) is 10.3. The molecule has 0 aromatic heterocycles. The summed E-state index contributed by atoms with van der Waals surface area (Å²) in [5.41, 5.74) is 0. The number of amides is 2. The highest BCUT2D eigenvalue weighted by Gasteiger charge is 2.20. The predicted molar refractivity (Wildman–Crippen MR) is 59.5 cm³/mol. The Hall–Kier alpha value is -1.79. The zero-order valence-electron chi connectivity index (χ0n) is 10.3. The van der Waals surface area contributed by atoms with E-state index in [1.54, 1.807) is 13.8 Å². The number of carbonyl (C=O) groups excluding carboxylic acids is 2. The Morgan fingerprint density at radius 1 is 1.18 bits per heavy atom. The average Bonchev–Trinajstić information content (AvgIpc) is 2.24. The molecule has 7 heteroatoms. The van der Waals surface area contributed by atoms with Crippen LogP contribution in [0.1, 0.15) is 13.8 Å². The van der Waals surface area contributed by atoms with Crippen molar-refractivity contribution in [1.82, 2.24) is 9.80 Å². The molecule has 0 atom stereocenters. The Morgan fingerprint density at radius 2 is 1.76 bits per heavy atom. The van der Waals surface area contributed by atoms with E-state index in [-0.39, 0.29) is 13.2 Å². The lowest BCUT2D eigenvalue weighted by Gasteiger charge is -2.25. The summed E-state index contributed by atoms with van der Waals surface area (Å²) in [5, 5.41) is 8.55. The molecule has 98 valence electrons. The van der Waals surface area contributed by atoms with Gasteiger partial charge in [-0.2, -0.15) is 0 Å².